The number of ether oxygens (including phenoxy) is 1. The SMILES string of the molecule is CC(C)(C)OC(=O)C/C=C/B(O)OC(C)(C)C(C)(C)O. The highest BCUT2D eigenvalue weighted by Gasteiger charge is 2.38. The molecular formula is C14H27BO5. The lowest BCUT2D eigenvalue weighted by molar-refractivity contribution is -0.153. The van der Waals surface area contributed by atoms with Crippen molar-refractivity contribution in [1.82, 2.24) is 0 Å². The molecule has 0 aliphatic rings. The average Bonchev–Trinajstić information content (AvgIpc) is 2.11. The van der Waals surface area contributed by atoms with Crippen molar-refractivity contribution >= 4 is 13.1 Å². The van der Waals surface area contributed by atoms with E-state index in [9.17, 15) is 14.9 Å². The van der Waals surface area contributed by atoms with E-state index in [0.717, 1.165) is 0 Å². The first-order valence-corrected chi connectivity index (χ1v) is 6.71. The molecule has 2 N–H and O–H groups in total. The van der Waals surface area contributed by atoms with Gasteiger partial charge in [0.05, 0.1) is 17.6 Å². The van der Waals surface area contributed by atoms with Crippen LogP contribution in [0.1, 0.15) is 54.9 Å². The molecule has 0 fully saturated rings. The first-order chi connectivity index (χ1) is 8.74. The largest absolute Gasteiger partial charge is 0.483 e. The summed E-state index contributed by atoms with van der Waals surface area (Å²) in [6, 6.07) is 0. The molecule has 6 heteroatoms. The lowest BCUT2D eigenvalue weighted by atomic mass is 9.83. The normalized spacial score (nSPS) is 13.7. The summed E-state index contributed by atoms with van der Waals surface area (Å²) in [5.41, 5.74) is -2.56. The summed E-state index contributed by atoms with van der Waals surface area (Å²) in [4.78, 5) is 11.4. The molecule has 0 unspecified atom stereocenters. The second kappa shape index (κ2) is 6.74. The van der Waals surface area contributed by atoms with Gasteiger partial charge in [0.15, 0.2) is 0 Å². The van der Waals surface area contributed by atoms with Crippen LogP contribution in [0.15, 0.2) is 12.1 Å². The zero-order chi connectivity index (χ0) is 16.2. The summed E-state index contributed by atoms with van der Waals surface area (Å²) in [5, 5.41) is 19.6. The Hall–Kier alpha value is -0.845. The van der Waals surface area contributed by atoms with Crippen LogP contribution in [0.3, 0.4) is 0 Å². The van der Waals surface area contributed by atoms with Gasteiger partial charge in [0.2, 0.25) is 0 Å². The minimum absolute atomic E-state index is 0.0562. The fourth-order valence-electron chi connectivity index (χ4n) is 1.15. The molecule has 0 aromatic heterocycles. The Balaban J connectivity index is 4.32. The second-order valence-corrected chi connectivity index (χ2v) is 6.80. The number of aliphatic hydroxyl groups is 1. The molecule has 0 aliphatic carbocycles. The van der Waals surface area contributed by atoms with Crippen LogP contribution in [-0.2, 0) is 14.2 Å². The van der Waals surface area contributed by atoms with Gasteiger partial charge in [-0.2, -0.15) is 0 Å². The average molecular weight is 286 g/mol. The van der Waals surface area contributed by atoms with Crippen molar-refractivity contribution in [2.45, 2.75) is 71.7 Å². The molecule has 0 aromatic carbocycles. The number of hydrogen-bond donors (Lipinski definition) is 2. The molecule has 0 bridgehead atoms. The molecule has 0 atom stereocenters. The first-order valence-electron chi connectivity index (χ1n) is 6.71. The highest BCUT2D eigenvalue weighted by atomic mass is 16.6. The van der Waals surface area contributed by atoms with E-state index in [1.54, 1.807) is 48.5 Å². The third kappa shape index (κ3) is 7.67. The minimum Gasteiger partial charge on any atom is -0.460 e. The summed E-state index contributed by atoms with van der Waals surface area (Å²) in [6.07, 6.45) is 1.54. The summed E-state index contributed by atoms with van der Waals surface area (Å²) in [6.45, 7) is 11.9. The zero-order valence-corrected chi connectivity index (χ0v) is 13.6. The monoisotopic (exact) mass is 286 g/mol. The van der Waals surface area contributed by atoms with E-state index < -0.39 is 23.9 Å². The molecule has 116 valence electrons. The number of carbonyl (C=O) groups is 1. The third-order valence-corrected chi connectivity index (χ3v) is 2.89. The van der Waals surface area contributed by atoms with Crippen LogP contribution in [0, 0.1) is 0 Å². The minimum atomic E-state index is -1.20. The Bertz CT molecular complexity index is 350. The molecular weight excluding hydrogens is 259 g/mol. The second-order valence-electron chi connectivity index (χ2n) is 6.80. The number of hydrogen-bond acceptors (Lipinski definition) is 5. The number of esters is 1. The van der Waals surface area contributed by atoms with Crippen LogP contribution in [0.5, 0.6) is 0 Å². The van der Waals surface area contributed by atoms with Crippen molar-refractivity contribution in [3.05, 3.63) is 12.1 Å². The summed E-state index contributed by atoms with van der Waals surface area (Å²) in [7, 11) is -1.20. The zero-order valence-electron chi connectivity index (χ0n) is 13.6. The van der Waals surface area contributed by atoms with Gasteiger partial charge in [-0.15, -0.1) is 0 Å². The molecule has 0 saturated heterocycles. The van der Waals surface area contributed by atoms with E-state index in [1.807, 2.05) is 0 Å². The summed E-state index contributed by atoms with van der Waals surface area (Å²) in [5.74, 6) is 0.986. The van der Waals surface area contributed by atoms with Gasteiger partial charge in [-0.3, -0.25) is 4.79 Å². The Morgan fingerprint density at radius 3 is 2.05 bits per heavy atom. The lowest BCUT2D eigenvalue weighted by Crippen LogP contribution is -2.50. The van der Waals surface area contributed by atoms with Gasteiger partial charge < -0.3 is 19.5 Å². The predicted octanol–water partition coefficient (Wildman–Crippen LogP) is 1.86. The van der Waals surface area contributed by atoms with E-state index in [-0.39, 0.29) is 12.4 Å². The van der Waals surface area contributed by atoms with Gasteiger partial charge in [0, 0.05) is 0 Å². The topological polar surface area (TPSA) is 76.0 Å². The van der Waals surface area contributed by atoms with Crippen LogP contribution >= 0.6 is 0 Å². The van der Waals surface area contributed by atoms with Crippen molar-refractivity contribution in [1.29, 1.82) is 0 Å². The molecule has 5 nitrogen and oxygen atoms in total. The van der Waals surface area contributed by atoms with Crippen molar-refractivity contribution in [3.63, 3.8) is 0 Å². The fourth-order valence-corrected chi connectivity index (χ4v) is 1.15. The van der Waals surface area contributed by atoms with E-state index in [0.29, 0.717) is 0 Å². The van der Waals surface area contributed by atoms with Gasteiger partial charge in [0.1, 0.15) is 5.60 Å². The molecule has 0 amide bonds. The molecule has 0 aliphatic heterocycles. The van der Waals surface area contributed by atoms with E-state index in [2.05, 4.69) is 0 Å². The van der Waals surface area contributed by atoms with E-state index >= 15 is 0 Å². The van der Waals surface area contributed by atoms with Crippen molar-refractivity contribution in [3.8, 4) is 0 Å². The van der Waals surface area contributed by atoms with Gasteiger partial charge in [-0.1, -0.05) is 12.1 Å². The highest BCUT2D eigenvalue weighted by Crippen LogP contribution is 2.25. The fraction of sp³-hybridized carbons (Fsp3) is 0.786. The standard InChI is InChI=1S/C14H27BO5/c1-12(2,3)19-11(16)9-8-10-15(18)20-14(6,7)13(4,5)17/h8,10,17-18H,9H2,1-7H3/b10-8+. The quantitative estimate of drug-likeness (QED) is 0.575. The van der Waals surface area contributed by atoms with Crippen LogP contribution < -0.4 is 0 Å². The van der Waals surface area contributed by atoms with Crippen molar-refractivity contribution in [2.24, 2.45) is 0 Å². The molecule has 0 radical (unpaired) electrons. The molecule has 20 heavy (non-hydrogen) atoms. The van der Waals surface area contributed by atoms with Gasteiger partial charge in [-0.25, -0.2) is 0 Å². The first kappa shape index (κ1) is 19.2. The Kier molecular flexibility index (Phi) is 6.46. The maximum Gasteiger partial charge on any atom is 0.483 e. The smallest absolute Gasteiger partial charge is 0.460 e. The molecule has 0 saturated carbocycles. The van der Waals surface area contributed by atoms with Crippen LogP contribution in [-0.4, -0.2) is 40.0 Å². The predicted molar refractivity (Wildman–Crippen MR) is 79.0 cm³/mol. The van der Waals surface area contributed by atoms with Crippen LogP contribution in [0.2, 0.25) is 0 Å². The van der Waals surface area contributed by atoms with Gasteiger partial charge >= 0.3 is 13.1 Å². The highest BCUT2D eigenvalue weighted by molar-refractivity contribution is 6.49. The summed E-state index contributed by atoms with van der Waals surface area (Å²) >= 11 is 0. The van der Waals surface area contributed by atoms with E-state index in [4.69, 9.17) is 9.39 Å². The maximum atomic E-state index is 11.4. The lowest BCUT2D eigenvalue weighted by Gasteiger charge is -2.38. The maximum absolute atomic E-state index is 11.4. The Morgan fingerprint density at radius 2 is 1.65 bits per heavy atom. The van der Waals surface area contributed by atoms with Crippen molar-refractivity contribution < 1.29 is 24.3 Å². The number of carbonyl (C=O) groups excluding carboxylic acids is 1. The van der Waals surface area contributed by atoms with Gasteiger partial charge in [0.25, 0.3) is 0 Å². The molecule has 0 spiro atoms. The van der Waals surface area contributed by atoms with Crippen molar-refractivity contribution in [2.75, 3.05) is 0 Å². The third-order valence-electron chi connectivity index (χ3n) is 2.89. The van der Waals surface area contributed by atoms with Crippen LogP contribution in [0.25, 0.3) is 0 Å². The molecule has 0 aromatic rings. The Labute approximate surface area is 122 Å². The van der Waals surface area contributed by atoms with Gasteiger partial charge in [-0.05, 0) is 48.5 Å². The molecule has 0 rings (SSSR count). The Morgan fingerprint density at radius 1 is 1.15 bits per heavy atom. The number of rotatable bonds is 6. The van der Waals surface area contributed by atoms with E-state index in [1.165, 1.54) is 12.1 Å². The molecule has 0 heterocycles. The van der Waals surface area contributed by atoms with Crippen LogP contribution in [0.4, 0.5) is 0 Å². The summed E-state index contributed by atoms with van der Waals surface area (Å²) < 4.78 is 10.5.